The van der Waals surface area contributed by atoms with Crippen molar-refractivity contribution in [2.24, 2.45) is 0 Å². The molecular weight excluding hydrogens is 350 g/mol. The summed E-state index contributed by atoms with van der Waals surface area (Å²) in [4.78, 5) is 23.6. The maximum absolute atomic E-state index is 12.6. The van der Waals surface area contributed by atoms with Crippen molar-refractivity contribution in [3.05, 3.63) is 53.7 Å². The van der Waals surface area contributed by atoms with Crippen molar-refractivity contribution in [1.82, 2.24) is 14.9 Å². The molecule has 0 unspecified atom stereocenters. The Kier molecular flexibility index (Phi) is 4.99. The summed E-state index contributed by atoms with van der Waals surface area (Å²) in [5.41, 5.74) is 1.07. The maximum atomic E-state index is 12.6. The highest BCUT2D eigenvalue weighted by atomic mass is 32.2. The molecule has 6 heteroatoms. The van der Waals surface area contributed by atoms with Crippen LogP contribution in [-0.2, 0) is 4.79 Å². The van der Waals surface area contributed by atoms with E-state index >= 15 is 0 Å². The Hall–Kier alpha value is -1.92. The van der Waals surface area contributed by atoms with Gasteiger partial charge in [-0.2, -0.15) is 0 Å². The summed E-state index contributed by atoms with van der Waals surface area (Å²) in [5.74, 6) is 1.00. The van der Waals surface area contributed by atoms with Crippen molar-refractivity contribution < 1.29 is 4.79 Å². The molecule has 0 spiro atoms. The van der Waals surface area contributed by atoms with E-state index in [1.54, 1.807) is 17.5 Å². The number of thiazole rings is 1. The van der Waals surface area contributed by atoms with Gasteiger partial charge in [0, 0.05) is 25.2 Å². The summed E-state index contributed by atoms with van der Waals surface area (Å²) in [6.45, 7) is 1.63. The van der Waals surface area contributed by atoms with Gasteiger partial charge in [-0.3, -0.25) is 4.79 Å². The molecule has 25 heavy (non-hydrogen) atoms. The van der Waals surface area contributed by atoms with E-state index in [1.165, 1.54) is 16.5 Å². The molecule has 3 aromatic rings. The lowest BCUT2D eigenvalue weighted by Gasteiger charge is -2.31. The number of thioether (sulfide) groups is 1. The standard InChI is InChI=1S/C19H19N3OS2/c23-18(13-24-17-9-3-4-10-20-17)22-11-5-6-14(12-22)19-21-15-7-1-2-8-16(15)25-19/h1-4,7-10,14H,5-6,11-13H2/t14-/m1/s1. The molecular formula is C19H19N3OS2. The average Bonchev–Trinajstić information content (AvgIpc) is 3.11. The predicted octanol–water partition coefficient (Wildman–Crippen LogP) is 4.19. The summed E-state index contributed by atoms with van der Waals surface area (Å²) < 4.78 is 1.23. The first-order valence-corrected chi connectivity index (χ1v) is 10.3. The van der Waals surface area contributed by atoms with Gasteiger partial charge in [0.15, 0.2) is 0 Å². The van der Waals surface area contributed by atoms with E-state index in [4.69, 9.17) is 4.98 Å². The second-order valence-electron chi connectivity index (χ2n) is 6.16. The Morgan fingerprint density at radius 1 is 1.24 bits per heavy atom. The summed E-state index contributed by atoms with van der Waals surface area (Å²) in [7, 11) is 0. The van der Waals surface area contributed by atoms with Crippen LogP contribution < -0.4 is 0 Å². The lowest BCUT2D eigenvalue weighted by atomic mass is 9.99. The van der Waals surface area contributed by atoms with Crippen molar-refractivity contribution >= 4 is 39.2 Å². The van der Waals surface area contributed by atoms with Gasteiger partial charge in [-0.05, 0) is 37.1 Å². The molecule has 1 fully saturated rings. The molecule has 1 atom stereocenters. The normalized spacial score (nSPS) is 17.8. The van der Waals surface area contributed by atoms with Crippen LogP contribution in [0.25, 0.3) is 10.2 Å². The van der Waals surface area contributed by atoms with E-state index in [0.29, 0.717) is 11.7 Å². The highest BCUT2D eigenvalue weighted by Gasteiger charge is 2.26. The average molecular weight is 370 g/mol. The Morgan fingerprint density at radius 2 is 2.12 bits per heavy atom. The predicted molar refractivity (Wildman–Crippen MR) is 103 cm³/mol. The molecule has 1 amide bonds. The van der Waals surface area contributed by atoms with Crippen LogP contribution >= 0.6 is 23.1 Å². The van der Waals surface area contributed by atoms with Gasteiger partial charge in [-0.15, -0.1) is 11.3 Å². The van der Waals surface area contributed by atoms with E-state index in [2.05, 4.69) is 23.2 Å². The monoisotopic (exact) mass is 369 g/mol. The molecule has 0 bridgehead atoms. The van der Waals surface area contributed by atoms with Crippen molar-refractivity contribution in [3.8, 4) is 0 Å². The molecule has 0 aliphatic carbocycles. The third-order valence-corrected chi connectivity index (χ3v) is 6.54. The fraction of sp³-hybridized carbons (Fsp3) is 0.316. The third kappa shape index (κ3) is 3.85. The third-order valence-electron chi connectivity index (χ3n) is 4.42. The number of hydrogen-bond acceptors (Lipinski definition) is 5. The first-order chi connectivity index (χ1) is 12.3. The minimum atomic E-state index is 0.196. The van der Waals surface area contributed by atoms with Gasteiger partial charge in [0.25, 0.3) is 0 Å². The van der Waals surface area contributed by atoms with E-state index in [0.717, 1.165) is 41.5 Å². The minimum Gasteiger partial charge on any atom is -0.341 e. The molecule has 2 aromatic heterocycles. The molecule has 1 aromatic carbocycles. The maximum Gasteiger partial charge on any atom is 0.233 e. The van der Waals surface area contributed by atoms with E-state index in [-0.39, 0.29) is 5.91 Å². The number of hydrogen-bond donors (Lipinski definition) is 0. The van der Waals surface area contributed by atoms with Crippen LogP contribution in [0.3, 0.4) is 0 Å². The zero-order valence-corrected chi connectivity index (χ0v) is 15.4. The molecule has 0 radical (unpaired) electrons. The summed E-state index contributed by atoms with van der Waals surface area (Å²) in [6, 6.07) is 14.0. The number of likely N-dealkylation sites (tertiary alicyclic amines) is 1. The minimum absolute atomic E-state index is 0.196. The number of pyridine rings is 1. The summed E-state index contributed by atoms with van der Waals surface area (Å²) >= 11 is 3.27. The van der Waals surface area contributed by atoms with Gasteiger partial charge in [-0.1, -0.05) is 30.0 Å². The molecule has 1 aliphatic rings. The van der Waals surface area contributed by atoms with Crippen LogP contribution in [0.1, 0.15) is 23.8 Å². The van der Waals surface area contributed by atoms with Crippen LogP contribution in [0, 0.1) is 0 Å². The van der Waals surface area contributed by atoms with Crippen molar-refractivity contribution in [2.75, 3.05) is 18.8 Å². The quantitative estimate of drug-likeness (QED) is 0.647. The van der Waals surface area contributed by atoms with Crippen LogP contribution in [0.4, 0.5) is 0 Å². The second kappa shape index (κ2) is 7.54. The lowest BCUT2D eigenvalue weighted by Crippen LogP contribution is -2.40. The zero-order chi connectivity index (χ0) is 17.1. The fourth-order valence-electron chi connectivity index (χ4n) is 3.13. The Balaban J connectivity index is 1.41. The topological polar surface area (TPSA) is 46.1 Å². The first-order valence-electron chi connectivity index (χ1n) is 8.47. The number of amides is 1. The summed E-state index contributed by atoms with van der Waals surface area (Å²) in [6.07, 6.45) is 3.91. The number of carbonyl (C=O) groups is 1. The van der Waals surface area contributed by atoms with E-state index < -0.39 is 0 Å². The van der Waals surface area contributed by atoms with Gasteiger partial charge >= 0.3 is 0 Å². The van der Waals surface area contributed by atoms with Gasteiger partial charge in [0.1, 0.15) is 0 Å². The number of fused-ring (bicyclic) bond motifs is 1. The molecule has 4 rings (SSSR count). The van der Waals surface area contributed by atoms with Crippen LogP contribution in [0.15, 0.2) is 53.7 Å². The smallest absolute Gasteiger partial charge is 0.233 e. The number of nitrogens with zero attached hydrogens (tertiary/aromatic N) is 3. The number of aromatic nitrogens is 2. The fourth-order valence-corrected chi connectivity index (χ4v) is 4.99. The summed E-state index contributed by atoms with van der Waals surface area (Å²) in [5, 5.41) is 2.06. The molecule has 0 saturated carbocycles. The Morgan fingerprint density at radius 3 is 2.96 bits per heavy atom. The lowest BCUT2D eigenvalue weighted by molar-refractivity contribution is -0.129. The van der Waals surface area contributed by atoms with Gasteiger partial charge in [-0.25, -0.2) is 9.97 Å². The van der Waals surface area contributed by atoms with Crippen LogP contribution in [0.5, 0.6) is 0 Å². The molecule has 1 saturated heterocycles. The molecule has 0 N–H and O–H groups in total. The van der Waals surface area contributed by atoms with Crippen LogP contribution in [0.2, 0.25) is 0 Å². The molecule has 1 aliphatic heterocycles. The highest BCUT2D eigenvalue weighted by molar-refractivity contribution is 7.99. The molecule has 128 valence electrons. The van der Waals surface area contributed by atoms with E-state index in [1.807, 2.05) is 29.2 Å². The Labute approximate surface area is 155 Å². The number of piperidine rings is 1. The molecule has 3 heterocycles. The van der Waals surface area contributed by atoms with Gasteiger partial charge in [0.05, 0.1) is 26.0 Å². The highest BCUT2D eigenvalue weighted by Crippen LogP contribution is 2.33. The van der Waals surface area contributed by atoms with Crippen LogP contribution in [-0.4, -0.2) is 39.6 Å². The van der Waals surface area contributed by atoms with Crippen molar-refractivity contribution in [2.45, 2.75) is 23.8 Å². The first kappa shape index (κ1) is 16.5. The largest absolute Gasteiger partial charge is 0.341 e. The Bertz CT molecular complexity index is 832. The zero-order valence-electron chi connectivity index (χ0n) is 13.8. The van der Waals surface area contributed by atoms with E-state index in [9.17, 15) is 4.79 Å². The van der Waals surface area contributed by atoms with Gasteiger partial charge in [0.2, 0.25) is 5.91 Å². The van der Waals surface area contributed by atoms with Crippen molar-refractivity contribution in [3.63, 3.8) is 0 Å². The number of benzene rings is 1. The van der Waals surface area contributed by atoms with Crippen molar-refractivity contribution in [1.29, 1.82) is 0 Å². The van der Waals surface area contributed by atoms with Gasteiger partial charge < -0.3 is 4.90 Å². The molecule has 4 nitrogen and oxygen atoms in total. The SMILES string of the molecule is O=C(CSc1ccccn1)N1CCC[C@@H](c2nc3ccccc3s2)C1. The number of carbonyl (C=O) groups excluding carboxylic acids is 1. The second-order valence-corrected chi connectivity index (χ2v) is 8.21. The number of para-hydroxylation sites is 1. The number of rotatable bonds is 4.